The van der Waals surface area contributed by atoms with Crippen molar-refractivity contribution in [2.24, 2.45) is 0 Å². The van der Waals surface area contributed by atoms with Crippen LogP contribution in [-0.2, 0) is 4.79 Å². The second-order valence-electron chi connectivity index (χ2n) is 4.48. The van der Waals surface area contributed by atoms with E-state index in [1.165, 1.54) is 19.3 Å². The molecule has 1 rings (SSSR count). The Morgan fingerprint density at radius 3 is 2.47 bits per heavy atom. The maximum absolute atomic E-state index is 11.7. The molecule has 0 aromatic carbocycles. The Bertz CT molecular complexity index is 200. The first kappa shape index (κ1) is 12.5. The van der Waals surface area contributed by atoms with Gasteiger partial charge in [0.15, 0.2) is 0 Å². The predicted octanol–water partition coefficient (Wildman–Crippen LogP) is 0.844. The molecule has 0 bridgehead atoms. The van der Waals surface area contributed by atoms with E-state index in [-0.39, 0.29) is 11.9 Å². The largest absolute Gasteiger partial charge is 0.342 e. The van der Waals surface area contributed by atoms with Crippen LogP contribution in [0.4, 0.5) is 0 Å². The summed E-state index contributed by atoms with van der Waals surface area (Å²) in [4.78, 5) is 13.4. The zero-order chi connectivity index (χ0) is 11.3. The number of rotatable bonds is 4. The van der Waals surface area contributed by atoms with E-state index in [1.807, 2.05) is 20.9 Å². The highest BCUT2D eigenvalue weighted by molar-refractivity contribution is 5.78. The van der Waals surface area contributed by atoms with Gasteiger partial charge in [-0.2, -0.15) is 0 Å². The van der Waals surface area contributed by atoms with Crippen LogP contribution in [0.3, 0.4) is 0 Å². The number of nitrogens with one attached hydrogen (secondary N) is 1. The smallest absolute Gasteiger partial charge is 0.237 e. The first-order valence-corrected chi connectivity index (χ1v) is 5.85. The Balaban J connectivity index is 2.20. The molecule has 1 aliphatic heterocycles. The van der Waals surface area contributed by atoms with E-state index in [4.69, 9.17) is 0 Å². The topological polar surface area (TPSA) is 35.6 Å². The van der Waals surface area contributed by atoms with Gasteiger partial charge in [-0.25, -0.2) is 10.4 Å². The van der Waals surface area contributed by atoms with Crippen LogP contribution < -0.4 is 5.43 Å². The third kappa shape index (κ3) is 4.18. The van der Waals surface area contributed by atoms with Gasteiger partial charge in [-0.3, -0.25) is 4.79 Å². The van der Waals surface area contributed by atoms with Crippen molar-refractivity contribution in [2.45, 2.75) is 39.2 Å². The normalized spacial score (nSPS) is 18.1. The van der Waals surface area contributed by atoms with Crippen LogP contribution in [-0.4, -0.2) is 48.5 Å². The minimum Gasteiger partial charge on any atom is -0.342 e. The van der Waals surface area contributed by atoms with Crippen molar-refractivity contribution in [3.05, 3.63) is 0 Å². The SMILES string of the molecule is CC(C)N(C)C(=O)CNN1CCCCC1. The van der Waals surface area contributed by atoms with Crippen molar-refractivity contribution in [1.82, 2.24) is 15.3 Å². The molecule has 1 aliphatic rings. The summed E-state index contributed by atoms with van der Waals surface area (Å²) in [5.41, 5.74) is 3.20. The Kier molecular flexibility index (Phi) is 5.05. The molecule has 1 saturated heterocycles. The lowest BCUT2D eigenvalue weighted by atomic mass is 10.2. The average Bonchev–Trinajstić information content (AvgIpc) is 2.26. The quantitative estimate of drug-likeness (QED) is 0.752. The number of likely N-dealkylation sites (N-methyl/N-ethyl adjacent to an activating group) is 1. The molecule has 0 radical (unpaired) electrons. The average molecular weight is 213 g/mol. The molecule has 0 unspecified atom stereocenters. The van der Waals surface area contributed by atoms with Crippen LogP contribution in [0.2, 0.25) is 0 Å². The molecule has 0 aromatic heterocycles. The second-order valence-corrected chi connectivity index (χ2v) is 4.48. The summed E-state index contributed by atoms with van der Waals surface area (Å²) in [6.45, 7) is 6.61. The van der Waals surface area contributed by atoms with Gasteiger partial charge in [-0.1, -0.05) is 6.42 Å². The van der Waals surface area contributed by atoms with Gasteiger partial charge < -0.3 is 4.90 Å². The summed E-state index contributed by atoms with van der Waals surface area (Å²) in [6.07, 6.45) is 3.79. The number of piperidine rings is 1. The van der Waals surface area contributed by atoms with E-state index in [1.54, 1.807) is 4.90 Å². The van der Waals surface area contributed by atoms with Gasteiger partial charge in [0, 0.05) is 26.2 Å². The molecule has 0 saturated carbocycles. The molecular formula is C11H23N3O. The van der Waals surface area contributed by atoms with Crippen LogP contribution in [0, 0.1) is 0 Å². The fourth-order valence-corrected chi connectivity index (χ4v) is 1.64. The lowest BCUT2D eigenvalue weighted by Crippen LogP contribution is -2.47. The molecule has 1 N–H and O–H groups in total. The zero-order valence-electron chi connectivity index (χ0n) is 10.1. The third-order valence-corrected chi connectivity index (χ3v) is 2.98. The number of nitrogens with zero attached hydrogens (tertiary/aromatic N) is 2. The van der Waals surface area contributed by atoms with Gasteiger partial charge in [-0.05, 0) is 26.7 Å². The van der Waals surface area contributed by atoms with Gasteiger partial charge >= 0.3 is 0 Å². The summed E-state index contributed by atoms with van der Waals surface area (Å²) in [5.74, 6) is 0.163. The van der Waals surface area contributed by atoms with Gasteiger partial charge in [0.05, 0.1) is 6.54 Å². The maximum Gasteiger partial charge on any atom is 0.237 e. The molecule has 1 heterocycles. The van der Waals surface area contributed by atoms with Crippen LogP contribution in [0.5, 0.6) is 0 Å². The zero-order valence-corrected chi connectivity index (χ0v) is 10.1. The van der Waals surface area contributed by atoms with Crippen molar-refractivity contribution in [2.75, 3.05) is 26.7 Å². The summed E-state index contributed by atoms with van der Waals surface area (Å²) in [7, 11) is 1.85. The Labute approximate surface area is 92.6 Å². The predicted molar refractivity (Wildman–Crippen MR) is 61.3 cm³/mol. The molecule has 0 atom stereocenters. The van der Waals surface area contributed by atoms with Crippen molar-refractivity contribution in [3.63, 3.8) is 0 Å². The highest BCUT2D eigenvalue weighted by atomic mass is 16.2. The van der Waals surface area contributed by atoms with Crippen LogP contribution in [0.15, 0.2) is 0 Å². The lowest BCUT2D eigenvalue weighted by Gasteiger charge is -2.28. The maximum atomic E-state index is 11.7. The number of carbonyl (C=O) groups excluding carboxylic acids is 1. The molecule has 88 valence electrons. The van der Waals surface area contributed by atoms with Gasteiger partial charge in [0.1, 0.15) is 0 Å². The molecule has 1 amide bonds. The monoisotopic (exact) mass is 213 g/mol. The lowest BCUT2D eigenvalue weighted by molar-refractivity contribution is -0.131. The summed E-state index contributed by atoms with van der Waals surface area (Å²) in [5, 5.41) is 2.16. The van der Waals surface area contributed by atoms with E-state index in [0.717, 1.165) is 13.1 Å². The van der Waals surface area contributed by atoms with E-state index in [0.29, 0.717) is 6.54 Å². The van der Waals surface area contributed by atoms with Gasteiger partial charge in [0.2, 0.25) is 5.91 Å². The Morgan fingerprint density at radius 2 is 1.93 bits per heavy atom. The number of amides is 1. The molecule has 0 aromatic rings. The van der Waals surface area contributed by atoms with Gasteiger partial charge in [0.25, 0.3) is 0 Å². The van der Waals surface area contributed by atoms with E-state index >= 15 is 0 Å². The number of hydrazine groups is 1. The first-order chi connectivity index (χ1) is 7.11. The summed E-state index contributed by atoms with van der Waals surface area (Å²) >= 11 is 0. The van der Waals surface area contributed by atoms with E-state index in [9.17, 15) is 4.79 Å². The Morgan fingerprint density at radius 1 is 1.33 bits per heavy atom. The fourth-order valence-electron chi connectivity index (χ4n) is 1.64. The molecule has 4 nitrogen and oxygen atoms in total. The van der Waals surface area contributed by atoms with Crippen LogP contribution in [0.25, 0.3) is 0 Å². The summed E-state index contributed by atoms with van der Waals surface area (Å²) < 4.78 is 0. The third-order valence-electron chi connectivity index (χ3n) is 2.98. The second kappa shape index (κ2) is 6.08. The minimum absolute atomic E-state index is 0.163. The highest BCUT2D eigenvalue weighted by Gasteiger charge is 2.14. The molecule has 15 heavy (non-hydrogen) atoms. The molecule has 0 spiro atoms. The molecular weight excluding hydrogens is 190 g/mol. The van der Waals surface area contributed by atoms with Crippen LogP contribution >= 0.6 is 0 Å². The van der Waals surface area contributed by atoms with Crippen molar-refractivity contribution in [3.8, 4) is 0 Å². The number of hydrogen-bond donors (Lipinski definition) is 1. The molecule has 1 fully saturated rings. The summed E-state index contributed by atoms with van der Waals surface area (Å²) in [6, 6.07) is 0.278. The molecule has 4 heteroatoms. The van der Waals surface area contributed by atoms with Crippen molar-refractivity contribution in [1.29, 1.82) is 0 Å². The van der Waals surface area contributed by atoms with Crippen molar-refractivity contribution < 1.29 is 4.79 Å². The minimum atomic E-state index is 0.163. The fraction of sp³-hybridized carbons (Fsp3) is 0.909. The van der Waals surface area contributed by atoms with Crippen molar-refractivity contribution >= 4 is 5.91 Å². The van der Waals surface area contributed by atoms with E-state index < -0.39 is 0 Å². The number of hydrogen-bond acceptors (Lipinski definition) is 3. The highest BCUT2D eigenvalue weighted by Crippen LogP contribution is 2.05. The van der Waals surface area contributed by atoms with Crippen LogP contribution in [0.1, 0.15) is 33.1 Å². The first-order valence-electron chi connectivity index (χ1n) is 5.85. The van der Waals surface area contributed by atoms with E-state index in [2.05, 4.69) is 10.4 Å². The molecule has 0 aliphatic carbocycles. The van der Waals surface area contributed by atoms with Gasteiger partial charge in [-0.15, -0.1) is 0 Å². The standard InChI is InChI=1S/C11H23N3O/c1-10(2)13(3)11(15)9-12-14-7-5-4-6-8-14/h10,12H,4-9H2,1-3H3. The Hall–Kier alpha value is -0.610. The number of carbonyl (C=O) groups is 1.